The normalized spacial score (nSPS) is 11.8. The van der Waals surface area contributed by atoms with Crippen molar-refractivity contribution in [1.29, 1.82) is 0 Å². The molecule has 3 aromatic carbocycles. The van der Waals surface area contributed by atoms with E-state index in [-0.39, 0.29) is 11.5 Å². The molecule has 2 heterocycles. The second-order valence-electron chi connectivity index (χ2n) is 7.03. The van der Waals surface area contributed by atoms with E-state index in [0.29, 0.717) is 28.3 Å². The van der Waals surface area contributed by atoms with Crippen molar-refractivity contribution >= 4 is 43.8 Å². The first kappa shape index (κ1) is 20.0. The van der Waals surface area contributed by atoms with Crippen LogP contribution in [0.5, 0.6) is 5.75 Å². The molecule has 7 nitrogen and oxygen atoms in total. The van der Waals surface area contributed by atoms with Gasteiger partial charge in [-0.3, -0.25) is 4.79 Å². The molecule has 0 aliphatic carbocycles. The first-order valence-corrected chi connectivity index (χ1v) is 10.6. The summed E-state index contributed by atoms with van der Waals surface area (Å²) in [6.45, 7) is 0. The molecule has 0 spiro atoms. The summed E-state index contributed by atoms with van der Waals surface area (Å²) < 4.78 is 12.1. The van der Waals surface area contributed by atoms with Gasteiger partial charge in [-0.2, -0.15) is 0 Å². The largest absolute Gasteiger partial charge is 0.497 e. The highest BCUT2D eigenvalue weighted by molar-refractivity contribution is 9.10. The fourth-order valence-electron chi connectivity index (χ4n) is 3.34. The lowest BCUT2D eigenvalue weighted by Crippen LogP contribution is -2.22. The number of aromatic nitrogens is 2. The van der Waals surface area contributed by atoms with Crippen LogP contribution in [0.2, 0.25) is 0 Å². The maximum atomic E-state index is 12.6. The van der Waals surface area contributed by atoms with Crippen molar-refractivity contribution in [3.05, 3.63) is 88.4 Å². The van der Waals surface area contributed by atoms with Crippen LogP contribution in [0.4, 0.5) is 0 Å². The molecule has 8 heteroatoms. The highest BCUT2D eigenvalue weighted by Crippen LogP contribution is 2.24. The molecule has 0 saturated carbocycles. The maximum absolute atomic E-state index is 12.6. The Morgan fingerprint density at radius 2 is 1.91 bits per heavy atom. The van der Waals surface area contributed by atoms with Gasteiger partial charge >= 0.3 is 0 Å². The zero-order valence-electron chi connectivity index (χ0n) is 16.9. The van der Waals surface area contributed by atoms with Gasteiger partial charge in [0.2, 0.25) is 5.55 Å². The monoisotopic (exact) mass is 488 g/mol. The molecule has 5 rings (SSSR count). The van der Waals surface area contributed by atoms with Crippen LogP contribution in [0.1, 0.15) is 10.4 Å². The number of carbonyl (C=O) groups excluding carboxylic acids is 1. The van der Waals surface area contributed by atoms with E-state index in [1.54, 1.807) is 31.4 Å². The van der Waals surface area contributed by atoms with E-state index in [2.05, 4.69) is 36.4 Å². The van der Waals surface area contributed by atoms with Gasteiger partial charge in [-0.25, -0.2) is 10.4 Å². The number of hydrogen-bond acceptors (Lipinski definition) is 5. The van der Waals surface area contributed by atoms with E-state index >= 15 is 0 Å². The molecule has 158 valence electrons. The van der Waals surface area contributed by atoms with Crippen LogP contribution in [-0.4, -0.2) is 23.0 Å². The molecule has 0 aliphatic rings. The van der Waals surface area contributed by atoms with E-state index in [9.17, 15) is 4.79 Å². The van der Waals surface area contributed by atoms with Gasteiger partial charge in [-0.1, -0.05) is 28.1 Å². The first-order chi connectivity index (χ1) is 15.6. The smallest absolute Gasteiger partial charge is 0.271 e. The minimum Gasteiger partial charge on any atom is -0.497 e. The third-order valence-electron chi connectivity index (χ3n) is 4.96. The highest BCUT2D eigenvalue weighted by atomic mass is 79.9. The number of imidazole rings is 1. The van der Waals surface area contributed by atoms with Crippen LogP contribution in [0.15, 0.2) is 86.8 Å². The molecular weight excluding hydrogens is 472 g/mol. The Kier molecular flexibility index (Phi) is 5.20. The van der Waals surface area contributed by atoms with E-state index in [4.69, 9.17) is 9.15 Å². The van der Waals surface area contributed by atoms with E-state index < -0.39 is 0 Å². The summed E-state index contributed by atoms with van der Waals surface area (Å²) in [7, 11) is 1.57. The molecule has 5 aromatic rings. The molecule has 1 amide bonds. The van der Waals surface area contributed by atoms with Crippen molar-refractivity contribution in [2.45, 2.75) is 0 Å². The Labute approximate surface area is 190 Å². The predicted octanol–water partition coefficient (Wildman–Crippen LogP) is 4.99. The lowest BCUT2D eigenvalue weighted by atomic mass is 10.2. The maximum Gasteiger partial charge on any atom is 0.271 e. The summed E-state index contributed by atoms with van der Waals surface area (Å²) in [4.78, 5) is 20.6. The molecule has 0 bridgehead atoms. The van der Waals surface area contributed by atoms with Crippen molar-refractivity contribution < 1.29 is 13.9 Å². The van der Waals surface area contributed by atoms with Crippen LogP contribution >= 0.6 is 15.9 Å². The molecule has 0 atom stereocenters. The van der Waals surface area contributed by atoms with Crippen molar-refractivity contribution in [3.63, 3.8) is 0 Å². The number of benzene rings is 3. The van der Waals surface area contributed by atoms with Crippen molar-refractivity contribution in [2.75, 3.05) is 7.11 Å². The molecule has 2 aromatic heterocycles. The van der Waals surface area contributed by atoms with Crippen molar-refractivity contribution in [2.24, 2.45) is 5.10 Å². The number of methoxy groups -OCH3 is 1. The van der Waals surface area contributed by atoms with E-state index in [1.165, 1.54) is 0 Å². The minimum absolute atomic E-state index is 0.237. The Hall–Kier alpha value is -3.91. The number of ether oxygens (including phenoxy) is 1. The second kappa shape index (κ2) is 8.32. The Morgan fingerprint density at radius 3 is 2.69 bits per heavy atom. The average Bonchev–Trinajstić information content (AvgIpc) is 3.26. The highest BCUT2D eigenvalue weighted by Gasteiger charge is 2.12. The van der Waals surface area contributed by atoms with Gasteiger partial charge in [0.1, 0.15) is 17.2 Å². The van der Waals surface area contributed by atoms with Crippen molar-refractivity contribution in [1.82, 2.24) is 15.4 Å². The van der Waals surface area contributed by atoms with Crippen molar-refractivity contribution in [3.8, 4) is 17.1 Å². The van der Waals surface area contributed by atoms with E-state index in [0.717, 1.165) is 20.9 Å². The number of hydrogen-bond donors (Lipinski definition) is 2. The fraction of sp³-hybridized carbons (Fsp3) is 0.0417. The first-order valence-electron chi connectivity index (χ1n) is 9.77. The number of nitrogens with one attached hydrogen (secondary N) is 2. The number of rotatable bonds is 4. The van der Waals surface area contributed by atoms with Gasteiger partial charge in [-0.05, 0) is 60.7 Å². The third kappa shape index (κ3) is 3.88. The molecule has 0 aliphatic heterocycles. The second-order valence-corrected chi connectivity index (χ2v) is 7.95. The Morgan fingerprint density at radius 1 is 1.09 bits per heavy atom. The van der Waals surface area contributed by atoms with Gasteiger partial charge in [0.25, 0.3) is 5.91 Å². The predicted molar refractivity (Wildman–Crippen MR) is 125 cm³/mol. The minimum atomic E-state index is -0.366. The van der Waals surface area contributed by atoms with Crippen LogP contribution in [0, 0.1) is 0 Å². The third-order valence-corrected chi connectivity index (χ3v) is 5.46. The van der Waals surface area contributed by atoms with Crippen LogP contribution in [0.25, 0.3) is 33.4 Å². The molecule has 0 fully saturated rings. The van der Waals surface area contributed by atoms with Crippen LogP contribution in [-0.2, 0) is 0 Å². The number of aromatic amines is 1. The summed E-state index contributed by atoms with van der Waals surface area (Å²) in [5, 5.41) is 5.15. The molecular formula is C24H17BrN4O3. The van der Waals surface area contributed by atoms with Gasteiger partial charge in [0, 0.05) is 15.4 Å². The lowest BCUT2D eigenvalue weighted by molar-refractivity contribution is 0.0951. The molecule has 0 unspecified atom stereocenters. The topological polar surface area (TPSA) is 92.5 Å². The number of carbonyl (C=O) groups is 1. The number of nitrogens with zero attached hydrogens (tertiary/aromatic N) is 2. The Balaban J connectivity index is 1.60. The summed E-state index contributed by atoms with van der Waals surface area (Å²) in [5.74, 6) is 0.893. The standard InChI is InChI=1S/C24H17BrN4O3/c1-31-17-9-6-14(7-10-17)23(30)28-29-24-18(13-15-12-16(25)8-11-21(15)32-24)22-26-19-4-2-3-5-20(19)27-22/h2-13H,1H3,(H,26,27)(H,28,30). The number of halogens is 1. The summed E-state index contributed by atoms with van der Waals surface area (Å²) in [5.41, 5.74) is 6.23. The van der Waals surface area contributed by atoms with Gasteiger partial charge < -0.3 is 14.1 Å². The number of para-hydroxylation sites is 2. The number of H-pyrrole nitrogens is 1. The zero-order chi connectivity index (χ0) is 22.1. The van der Waals surface area contributed by atoms with Gasteiger partial charge in [0.15, 0.2) is 0 Å². The molecule has 0 saturated heterocycles. The average molecular weight is 489 g/mol. The summed E-state index contributed by atoms with van der Waals surface area (Å²) in [6.07, 6.45) is 0. The Bertz CT molecular complexity index is 1490. The van der Waals surface area contributed by atoms with Crippen LogP contribution in [0.3, 0.4) is 0 Å². The lowest BCUT2D eigenvalue weighted by Gasteiger charge is -2.05. The molecule has 2 N–H and O–H groups in total. The van der Waals surface area contributed by atoms with Gasteiger partial charge in [0.05, 0.1) is 23.7 Å². The quantitative estimate of drug-likeness (QED) is 0.348. The summed E-state index contributed by atoms with van der Waals surface area (Å²) in [6, 6.07) is 22.1. The molecule has 0 radical (unpaired) electrons. The zero-order valence-corrected chi connectivity index (χ0v) is 18.5. The van der Waals surface area contributed by atoms with Gasteiger partial charge in [-0.15, -0.1) is 5.10 Å². The number of amides is 1. The van der Waals surface area contributed by atoms with Crippen LogP contribution < -0.4 is 15.7 Å². The summed E-state index contributed by atoms with van der Waals surface area (Å²) >= 11 is 3.49. The molecule has 32 heavy (non-hydrogen) atoms. The number of fused-ring (bicyclic) bond motifs is 2. The SMILES string of the molecule is COc1ccc(C(=O)NN=c2oc3ccc(Br)cc3cc2-c2nc3ccccc3[nH]2)cc1. The van der Waals surface area contributed by atoms with E-state index in [1.807, 2.05) is 48.5 Å². The fourth-order valence-corrected chi connectivity index (χ4v) is 3.72.